The van der Waals surface area contributed by atoms with Crippen molar-refractivity contribution >= 4 is 17.1 Å². The number of pyridine rings is 1. The van der Waals surface area contributed by atoms with Crippen molar-refractivity contribution in [3.8, 4) is 0 Å². The van der Waals surface area contributed by atoms with Gasteiger partial charge in [-0.25, -0.2) is 9.37 Å². The average molecular weight is 494 g/mol. The van der Waals surface area contributed by atoms with Crippen LogP contribution in [0.1, 0.15) is 65.1 Å². The molecule has 7 heteroatoms. The molecule has 2 fully saturated rings. The van der Waals surface area contributed by atoms with Crippen LogP contribution in [0.3, 0.4) is 0 Å². The third-order valence-corrected chi connectivity index (χ3v) is 7.52. The normalized spacial score (nSPS) is 23.3. The van der Waals surface area contributed by atoms with Gasteiger partial charge >= 0.3 is 0 Å². The Kier molecular flexibility index (Phi) is 7.98. The van der Waals surface area contributed by atoms with Gasteiger partial charge in [0.15, 0.2) is 11.5 Å². The number of aromatic nitrogens is 2. The summed E-state index contributed by atoms with van der Waals surface area (Å²) in [6.07, 6.45) is 15.4. The molecule has 0 aromatic carbocycles. The first-order valence-electron chi connectivity index (χ1n) is 13.4. The SMILES string of the molecule is C/C(=C\C(=O)N1C=C(N2CCN(C3CCC3)[C@@H](C)C2)C=CC1C)c1cc(F)c2nc(C)cn2c1.CC. The first-order chi connectivity index (χ1) is 17.3. The maximum atomic E-state index is 14.5. The lowest BCUT2D eigenvalue weighted by molar-refractivity contribution is -0.124. The highest BCUT2D eigenvalue weighted by molar-refractivity contribution is 5.96. The minimum Gasteiger partial charge on any atom is -0.368 e. The largest absolute Gasteiger partial charge is 0.368 e. The predicted octanol–water partition coefficient (Wildman–Crippen LogP) is 5.40. The number of hydrogen-bond acceptors (Lipinski definition) is 4. The van der Waals surface area contributed by atoms with Gasteiger partial charge in [0.25, 0.3) is 5.91 Å². The third kappa shape index (κ3) is 5.26. The second-order valence-corrected chi connectivity index (χ2v) is 10.0. The molecule has 5 rings (SSSR count). The number of allylic oxidation sites excluding steroid dienone is 2. The second kappa shape index (κ2) is 11.0. The van der Waals surface area contributed by atoms with E-state index in [-0.39, 0.29) is 11.9 Å². The molecule has 2 aliphatic heterocycles. The molecule has 0 bridgehead atoms. The first kappa shape index (κ1) is 26.1. The van der Waals surface area contributed by atoms with Crippen LogP contribution >= 0.6 is 0 Å². The van der Waals surface area contributed by atoms with Crippen molar-refractivity contribution in [2.45, 2.75) is 78.9 Å². The van der Waals surface area contributed by atoms with Gasteiger partial charge < -0.3 is 14.2 Å². The number of aryl methyl sites for hydroxylation is 1. The van der Waals surface area contributed by atoms with E-state index in [2.05, 4.69) is 33.9 Å². The number of fused-ring (bicyclic) bond motifs is 1. The van der Waals surface area contributed by atoms with Crippen LogP contribution in [-0.2, 0) is 4.79 Å². The number of nitrogens with zero attached hydrogens (tertiary/aromatic N) is 5. The summed E-state index contributed by atoms with van der Waals surface area (Å²) in [7, 11) is 0. The van der Waals surface area contributed by atoms with E-state index in [0.29, 0.717) is 17.3 Å². The van der Waals surface area contributed by atoms with Crippen molar-refractivity contribution in [2.75, 3.05) is 19.6 Å². The molecule has 0 spiro atoms. The van der Waals surface area contributed by atoms with Crippen molar-refractivity contribution in [1.82, 2.24) is 24.1 Å². The van der Waals surface area contributed by atoms with E-state index >= 15 is 0 Å². The second-order valence-electron chi connectivity index (χ2n) is 10.0. The lowest BCUT2D eigenvalue weighted by Crippen LogP contribution is -2.56. The summed E-state index contributed by atoms with van der Waals surface area (Å²) >= 11 is 0. The van der Waals surface area contributed by atoms with Crippen LogP contribution in [0, 0.1) is 12.7 Å². The van der Waals surface area contributed by atoms with Gasteiger partial charge in [0.2, 0.25) is 0 Å². The molecule has 0 N–H and O–H groups in total. The van der Waals surface area contributed by atoms with Gasteiger partial charge in [0, 0.05) is 56.4 Å². The van der Waals surface area contributed by atoms with Crippen molar-refractivity contribution in [1.29, 1.82) is 0 Å². The van der Waals surface area contributed by atoms with E-state index in [9.17, 15) is 9.18 Å². The minimum atomic E-state index is -0.391. The number of rotatable bonds is 4. The Bertz CT molecular complexity index is 1190. The van der Waals surface area contributed by atoms with Gasteiger partial charge in [-0.15, -0.1) is 0 Å². The minimum absolute atomic E-state index is 0.0375. The van der Waals surface area contributed by atoms with E-state index in [1.165, 1.54) is 25.3 Å². The zero-order valence-electron chi connectivity index (χ0n) is 22.5. The highest BCUT2D eigenvalue weighted by atomic mass is 19.1. The fourth-order valence-electron chi connectivity index (χ4n) is 5.29. The van der Waals surface area contributed by atoms with E-state index in [0.717, 1.165) is 42.6 Å². The lowest BCUT2D eigenvalue weighted by atomic mass is 9.89. The molecule has 1 unspecified atom stereocenters. The van der Waals surface area contributed by atoms with Crippen molar-refractivity contribution < 1.29 is 9.18 Å². The van der Waals surface area contributed by atoms with Crippen LogP contribution in [0.5, 0.6) is 0 Å². The first-order valence-corrected chi connectivity index (χ1v) is 13.4. The molecule has 6 nitrogen and oxygen atoms in total. The third-order valence-electron chi connectivity index (χ3n) is 7.52. The Morgan fingerprint density at radius 3 is 2.58 bits per heavy atom. The maximum absolute atomic E-state index is 14.5. The van der Waals surface area contributed by atoms with Crippen LogP contribution in [0.4, 0.5) is 4.39 Å². The molecule has 2 aromatic heterocycles. The number of carbonyl (C=O) groups excluding carboxylic acids is 1. The van der Waals surface area contributed by atoms with Gasteiger partial charge in [0.05, 0.1) is 17.4 Å². The zero-order valence-corrected chi connectivity index (χ0v) is 22.5. The highest BCUT2D eigenvalue weighted by Crippen LogP contribution is 2.30. The maximum Gasteiger partial charge on any atom is 0.251 e. The summed E-state index contributed by atoms with van der Waals surface area (Å²) in [5.74, 6) is -0.493. The van der Waals surface area contributed by atoms with Crippen molar-refractivity contribution in [3.05, 3.63) is 65.7 Å². The molecule has 2 aromatic rings. The van der Waals surface area contributed by atoms with Crippen molar-refractivity contribution in [3.63, 3.8) is 0 Å². The summed E-state index contributed by atoms with van der Waals surface area (Å²) in [6.45, 7) is 15.0. The smallest absolute Gasteiger partial charge is 0.251 e. The number of hydrogen-bond donors (Lipinski definition) is 0. The van der Waals surface area contributed by atoms with Gasteiger partial charge in [-0.3, -0.25) is 9.69 Å². The van der Waals surface area contributed by atoms with E-state index < -0.39 is 5.82 Å². The average Bonchev–Trinajstić information content (AvgIpc) is 3.21. The summed E-state index contributed by atoms with van der Waals surface area (Å²) in [4.78, 5) is 24.3. The predicted molar refractivity (Wildman–Crippen MR) is 144 cm³/mol. The summed E-state index contributed by atoms with van der Waals surface area (Å²) in [5.41, 5.74) is 3.52. The van der Waals surface area contributed by atoms with Crippen LogP contribution in [-0.4, -0.2) is 67.8 Å². The lowest BCUT2D eigenvalue weighted by Gasteiger charge is -2.48. The molecular formula is C29H40FN5O. The molecule has 194 valence electrons. The van der Waals surface area contributed by atoms with E-state index in [4.69, 9.17) is 0 Å². The molecule has 0 radical (unpaired) electrons. The molecule has 2 atom stereocenters. The standard InChI is InChI=1S/C27H34FN5O.C2H6/c1-18(22-13-25(28)27-29-19(2)14-31(27)16-22)12-26(34)33-17-24(9-8-20(33)3)30-10-11-32(21(4)15-30)23-6-5-7-23;1-2/h8-9,12-14,16-17,20-21,23H,5-7,10-11,15H2,1-4H3;1-2H3/b18-12+;/t20?,21-;/m0./s1. The number of carbonyl (C=O) groups is 1. The van der Waals surface area contributed by atoms with E-state index in [1.807, 2.05) is 47.0 Å². The Morgan fingerprint density at radius 1 is 1.17 bits per heavy atom. The van der Waals surface area contributed by atoms with Crippen molar-refractivity contribution in [2.24, 2.45) is 0 Å². The van der Waals surface area contributed by atoms with Crippen LogP contribution < -0.4 is 0 Å². The number of piperazine rings is 1. The molecular weight excluding hydrogens is 453 g/mol. The summed E-state index contributed by atoms with van der Waals surface area (Å²) in [6, 6.07) is 2.68. The zero-order chi connectivity index (χ0) is 26.0. The summed E-state index contributed by atoms with van der Waals surface area (Å²) < 4.78 is 16.2. The highest BCUT2D eigenvalue weighted by Gasteiger charge is 2.33. The quantitative estimate of drug-likeness (QED) is 0.535. The molecule has 1 saturated heterocycles. The monoisotopic (exact) mass is 493 g/mol. The fourth-order valence-corrected chi connectivity index (χ4v) is 5.29. The van der Waals surface area contributed by atoms with E-state index in [1.54, 1.807) is 21.6 Å². The molecule has 1 saturated carbocycles. The van der Waals surface area contributed by atoms with Crippen LogP contribution in [0.15, 0.2) is 48.6 Å². The van der Waals surface area contributed by atoms with Crippen LogP contribution in [0.25, 0.3) is 11.2 Å². The Balaban J connectivity index is 0.00000148. The van der Waals surface area contributed by atoms with Gasteiger partial charge in [-0.2, -0.15) is 0 Å². The Hall–Kier alpha value is -2.93. The number of amides is 1. The molecule has 4 heterocycles. The molecule has 1 amide bonds. The topological polar surface area (TPSA) is 44.1 Å². The van der Waals surface area contributed by atoms with Gasteiger partial charge in [-0.05, 0) is 63.8 Å². The molecule has 1 aliphatic carbocycles. The Labute approximate surface area is 214 Å². The molecule has 36 heavy (non-hydrogen) atoms. The van der Waals surface area contributed by atoms with Gasteiger partial charge in [-0.1, -0.05) is 26.3 Å². The number of halogens is 1. The fraction of sp³-hybridized carbons (Fsp3) is 0.517. The Morgan fingerprint density at radius 2 is 1.92 bits per heavy atom. The molecule has 3 aliphatic rings. The van der Waals surface area contributed by atoms with Crippen LogP contribution in [0.2, 0.25) is 0 Å². The number of imidazole rings is 1. The van der Waals surface area contributed by atoms with Gasteiger partial charge in [0.1, 0.15) is 0 Å². The summed E-state index contributed by atoms with van der Waals surface area (Å²) in [5, 5.41) is 0.